The molecule has 0 spiro atoms. The monoisotopic (exact) mass is 503 g/mol. The number of unbranched alkanes of at least 4 members (excludes halogenated alkanes) is 11. The van der Waals surface area contributed by atoms with Crippen LogP contribution in [0, 0.1) is 0 Å². The third-order valence-corrected chi connectivity index (χ3v) is 8.54. The fourth-order valence-electron chi connectivity index (χ4n) is 3.45. The summed E-state index contributed by atoms with van der Waals surface area (Å²) in [4.78, 5) is 23.6. The number of amides is 1. The zero-order valence-corrected chi connectivity index (χ0v) is 23.5. The number of carbonyl (C=O) groups is 2. The molecule has 0 aromatic carbocycles. The number of aliphatic hydroxyl groups excluding tert-OH is 1. The lowest BCUT2D eigenvalue weighted by atomic mass is 10.0. The molecule has 33 heavy (non-hydrogen) atoms. The Kier molecular flexibility index (Phi) is 20.2. The molecule has 1 unspecified atom stereocenters. The second-order valence-corrected chi connectivity index (χ2v) is 14.5. The van der Waals surface area contributed by atoms with Crippen molar-refractivity contribution < 1.29 is 19.4 Å². The van der Waals surface area contributed by atoms with Crippen molar-refractivity contribution in [1.29, 1.82) is 0 Å². The van der Waals surface area contributed by atoms with Crippen LogP contribution in [0.3, 0.4) is 0 Å². The minimum absolute atomic E-state index is 0.0742. The Morgan fingerprint density at radius 3 is 1.73 bits per heavy atom. The number of allylic oxidation sites excluding steroid dienone is 1. The van der Waals surface area contributed by atoms with Crippen LogP contribution in [-0.4, -0.2) is 35.4 Å². The topological polar surface area (TPSA) is 75.6 Å². The molecule has 0 rings (SSSR count). The molecule has 0 aromatic heterocycles. The third kappa shape index (κ3) is 25.7. The normalized spacial score (nSPS) is 12.4. The maximum absolute atomic E-state index is 11.9. The number of esters is 1. The van der Waals surface area contributed by atoms with Crippen LogP contribution in [0.15, 0.2) is 12.3 Å². The number of ether oxygens (including phenoxy) is 1. The van der Waals surface area contributed by atoms with Gasteiger partial charge in [0.25, 0.3) is 0 Å². The molecule has 0 aromatic rings. The summed E-state index contributed by atoms with van der Waals surface area (Å²) in [5.74, 6) is 0.318. The highest BCUT2D eigenvalue weighted by Crippen LogP contribution is 2.44. The molecule has 0 saturated carbocycles. The summed E-state index contributed by atoms with van der Waals surface area (Å²) in [7, 11) is -0.274. The first-order valence-corrected chi connectivity index (χ1v) is 16.3. The molecule has 0 radical (unpaired) electrons. The van der Waals surface area contributed by atoms with Gasteiger partial charge in [0.05, 0.1) is 5.76 Å². The lowest BCUT2D eigenvalue weighted by Gasteiger charge is -2.19. The quantitative estimate of drug-likeness (QED) is 0.0540. The fraction of sp³-hybridized carbons (Fsp3) is 0.846. The summed E-state index contributed by atoms with van der Waals surface area (Å²) < 4.78 is 8.30. The van der Waals surface area contributed by atoms with Gasteiger partial charge in [0.15, 0.2) is 0 Å². The van der Waals surface area contributed by atoms with Gasteiger partial charge in [-0.2, -0.15) is 0 Å². The summed E-state index contributed by atoms with van der Waals surface area (Å²) in [6.45, 7) is 11.4. The Bertz CT molecular complexity index is 537. The summed E-state index contributed by atoms with van der Waals surface area (Å²) >= 11 is 1.56. The predicted octanol–water partition coefficient (Wildman–Crippen LogP) is 8.43. The summed E-state index contributed by atoms with van der Waals surface area (Å²) in [5.41, 5.74) is -0.372. The standard InChI is InChI=1S/C26H50NO4PS/c1-23(28)19-18-22-32(5)33-27-24(29)20-16-14-12-10-8-6-7-9-11-13-15-17-21-25(30)31-26(2,3)4/h28H,1,6-22H2,2-5H3,(H,27,29). The van der Waals surface area contributed by atoms with Crippen molar-refractivity contribution in [3.8, 4) is 0 Å². The van der Waals surface area contributed by atoms with Crippen LogP contribution in [0.25, 0.3) is 0 Å². The van der Waals surface area contributed by atoms with Crippen LogP contribution >= 0.6 is 18.7 Å². The van der Waals surface area contributed by atoms with Crippen LogP contribution in [-0.2, 0) is 14.3 Å². The Labute approximate surface area is 208 Å². The van der Waals surface area contributed by atoms with E-state index in [9.17, 15) is 9.59 Å². The maximum atomic E-state index is 11.9. The molecule has 0 aliphatic carbocycles. The van der Waals surface area contributed by atoms with E-state index in [4.69, 9.17) is 9.84 Å². The largest absolute Gasteiger partial charge is 0.513 e. The molecule has 5 nitrogen and oxygen atoms in total. The lowest BCUT2D eigenvalue weighted by molar-refractivity contribution is -0.154. The minimum atomic E-state index is -0.372. The van der Waals surface area contributed by atoms with Gasteiger partial charge in [-0.05, 0) is 71.6 Å². The fourth-order valence-corrected chi connectivity index (χ4v) is 5.94. The number of hydrogen-bond acceptors (Lipinski definition) is 5. The second kappa shape index (κ2) is 20.6. The van der Waals surface area contributed by atoms with Gasteiger partial charge in [-0.25, -0.2) is 0 Å². The average Bonchev–Trinajstić information content (AvgIpc) is 2.70. The first-order valence-electron chi connectivity index (χ1n) is 12.9. The van der Waals surface area contributed by atoms with Gasteiger partial charge in [0.2, 0.25) is 5.91 Å². The van der Waals surface area contributed by atoms with Gasteiger partial charge in [0, 0.05) is 19.3 Å². The first-order chi connectivity index (χ1) is 15.6. The van der Waals surface area contributed by atoms with Crippen molar-refractivity contribution in [3.05, 3.63) is 12.3 Å². The van der Waals surface area contributed by atoms with Gasteiger partial charge in [-0.15, -0.1) is 0 Å². The van der Waals surface area contributed by atoms with Gasteiger partial charge in [0.1, 0.15) is 5.60 Å². The molecule has 0 fully saturated rings. The van der Waals surface area contributed by atoms with E-state index in [1.807, 2.05) is 20.8 Å². The van der Waals surface area contributed by atoms with E-state index in [1.165, 1.54) is 51.4 Å². The van der Waals surface area contributed by atoms with Gasteiger partial charge in [-0.1, -0.05) is 70.8 Å². The number of nitrogens with one attached hydrogen (secondary N) is 1. The Hall–Kier alpha value is -0.740. The molecule has 0 bridgehead atoms. The summed E-state index contributed by atoms with van der Waals surface area (Å²) in [6, 6.07) is 0. The van der Waals surface area contributed by atoms with Crippen LogP contribution in [0.2, 0.25) is 0 Å². The molecule has 0 saturated heterocycles. The molecule has 1 amide bonds. The zero-order valence-electron chi connectivity index (χ0n) is 21.8. The lowest BCUT2D eigenvalue weighted by Crippen LogP contribution is -2.23. The average molecular weight is 504 g/mol. The highest BCUT2D eigenvalue weighted by Gasteiger charge is 2.15. The van der Waals surface area contributed by atoms with E-state index in [2.05, 4.69) is 18.0 Å². The van der Waals surface area contributed by atoms with Gasteiger partial charge < -0.3 is 9.84 Å². The number of rotatable bonds is 21. The van der Waals surface area contributed by atoms with Crippen molar-refractivity contribution in [2.45, 2.75) is 129 Å². The Morgan fingerprint density at radius 1 is 0.818 bits per heavy atom. The van der Waals surface area contributed by atoms with E-state index in [1.54, 1.807) is 11.6 Å². The van der Waals surface area contributed by atoms with E-state index in [-0.39, 0.29) is 30.4 Å². The predicted molar refractivity (Wildman–Crippen MR) is 145 cm³/mol. The van der Waals surface area contributed by atoms with Crippen LogP contribution in [0.1, 0.15) is 124 Å². The molecular weight excluding hydrogens is 453 g/mol. The summed E-state index contributed by atoms with van der Waals surface area (Å²) in [6.07, 6.45) is 18.1. The summed E-state index contributed by atoms with van der Waals surface area (Å²) in [5, 5.41) is 9.09. The molecular formula is C26H50NO4PS. The smallest absolute Gasteiger partial charge is 0.306 e. The van der Waals surface area contributed by atoms with Crippen LogP contribution < -0.4 is 4.72 Å². The molecule has 0 aliphatic rings. The van der Waals surface area contributed by atoms with E-state index in [0.717, 1.165) is 38.3 Å². The number of hydrogen-bond donors (Lipinski definition) is 2. The molecule has 0 heterocycles. The highest BCUT2D eigenvalue weighted by atomic mass is 32.7. The van der Waals surface area contributed by atoms with Crippen molar-refractivity contribution in [2.75, 3.05) is 12.8 Å². The molecule has 194 valence electrons. The van der Waals surface area contributed by atoms with Gasteiger partial charge in [-0.3, -0.25) is 14.3 Å². The third-order valence-electron chi connectivity index (χ3n) is 5.21. The Morgan fingerprint density at radius 2 is 1.27 bits per heavy atom. The molecule has 0 aliphatic heterocycles. The molecule has 7 heteroatoms. The minimum Gasteiger partial charge on any atom is -0.513 e. The van der Waals surface area contributed by atoms with Crippen LogP contribution in [0.4, 0.5) is 0 Å². The van der Waals surface area contributed by atoms with Crippen LogP contribution in [0.5, 0.6) is 0 Å². The van der Waals surface area contributed by atoms with E-state index >= 15 is 0 Å². The van der Waals surface area contributed by atoms with Crippen molar-refractivity contribution in [3.63, 3.8) is 0 Å². The highest BCUT2D eigenvalue weighted by molar-refractivity contribution is 8.54. The van der Waals surface area contributed by atoms with Crippen molar-refractivity contribution in [2.24, 2.45) is 0 Å². The number of carbonyl (C=O) groups excluding carboxylic acids is 2. The maximum Gasteiger partial charge on any atom is 0.306 e. The number of aliphatic hydroxyl groups is 1. The van der Waals surface area contributed by atoms with Crippen molar-refractivity contribution >= 4 is 30.6 Å². The second-order valence-electron chi connectivity index (χ2n) is 9.97. The van der Waals surface area contributed by atoms with Gasteiger partial charge >= 0.3 is 5.97 Å². The van der Waals surface area contributed by atoms with Crippen molar-refractivity contribution in [1.82, 2.24) is 4.72 Å². The van der Waals surface area contributed by atoms with E-state index in [0.29, 0.717) is 19.3 Å². The molecule has 1 atom stereocenters. The Balaban J connectivity index is 3.34. The van der Waals surface area contributed by atoms with E-state index < -0.39 is 0 Å². The SMILES string of the molecule is C=C(O)CCCP(C)SNC(=O)CCCCCCCCCCCCCCC(=O)OC(C)(C)C. The first kappa shape index (κ1) is 32.3. The molecule has 2 N–H and O–H groups in total. The zero-order chi connectivity index (χ0) is 25.0.